The van der Waals surface area contributed by atoms with Gasteiger partial charge in [0.2, 0.25) is 5.91 Å². The van der Waals surface area contributed by atoms with Crippen LogP contribution in [0.15, 0.2) is 0 Å². The average Bonchev–Trinajstić information content (AvgIpc) is 2.39. The van der Waals surface area contributed by atoms with Gasteiger partial charge in [-0.05, 0) is 19.3 Å². The van der Waals surface area contributed by atoms with Gasteiger partial charge in [0.15, 0.2) is 0 Å². The number of ether oxygens (including phenoxy) is 1. The molecular formula is C14H23NO5. The minimum atomic E-state index is -1.05. The Balaban J connectivity index is 2.43. The first kappa shape index (κ1) is 16.5. The maximum absolute atomic E-state index is 11.6. The Bertz CT molecular complexity index is 349. The summed E-state index contributed by atoms with van der Waals surface area (Å²) >= 11 is 0. The van der Waals surface area contributed by atoms with Crippen LogP contribution in [0.25, 0.3) is 0 Å². The number of carboxylic acids is 1. The Morgan fingerprint density at radius 1 is 1.25 bits per heavy atom. The maximum Gasteiger partial charge on any atom is 0.326 e. The van der Waals surface area contributed by atoms with Gasteiger partial charge in [0.25, 0.3) is 0 Å². The number of carbonyl (C=O) groups is 3. The molecule has 0 aromatic rings. The van der Waals surface area contributed by atoms with Gasteiger partial charge in [0, 0.05) is 0 Å². The number of amides is 1. The number of aliphatic carboxylic acids is 1. The summed E-state index contributed by atoms with van der Waals surface area (Å²) < 4.78 is 4.66. The van der Waals surface area contributed by atoms with Crippen LogP contribution in [0.1, 0.15) is 51.9 Å². The van der Waals surface area contributed by atoms with E-state index in [0.29, 0.717) is 12.3 Å². The van der Waals surface area contributed by atoms with E-state index in [1.54, 1.807) is 6.92 Å². The minimum absolute atomic E-state index is 0.205. The largest absolute Gasteiger partial charge is 0.480 e. The van der Waals surface area contributed by atoms with Crippen LogP contribution in [0, 0.1) is 5.92 Å². The van der Waals surface area contributed by atoms with Crippen molar-refractivity contribution in [2.24, 2.45) is 5.92 Å². The lowest BCUT2D eigenvalue weighted by molar-refractivity contribution is -0.148. The molecule has 0 aromatic heterocycles. The molecule has 0 aromatic carbocycles. The van der Waals surface area contributed by atoms with Crippen LogP contribution >= 0.6 is 0 Å². The van der Waals surface area contributed by atoms with Crippen molar-refractivity contribution >= 4 is 17.8 Å². The fraction of sp³-hybridized carbons (Fsp3) is 0.786. The van der Waals surface area contributed by atoms with Crippen LogP contribution < -0.4 is 5.32 Å². The lowest BCUT2D eigenvalue weighted by Crippen LogP contribution is -2.43. The third kappa shape index (κ3) is 6.04. The van der Waals surface area contributed by atoms with Crippen molar-refractivity contribution in [2.45, 2.75) is 57.9 Å². The fourth-order valence-electron chi connectivity index (χ4n) is 2.57. The summed E-state index contributed by atoms with van der Waals surface area (Å²) in [4.78, 5) is 34.0. The van der Waals surface area contributed by atoms with E-state index in [1.807, 2.05) is 0 Å². The molecule has 0 bridgehead atoms. The molecule has 0 heterocycles. The summed E-state index contributed by atoms with van der Waals surface area (Å²) in [6, 6.07) is -0.917. The standard InChI is InChI=1S/C14H23NO5/c1-2-20-13(17)9-12(16)15-11(14(18)19)8-10-6-4-3-5-7-10/h10-11H,2-9H2,1H3,(H,15,16)(H,18,19)/t11-/m0/s1. The minimum Gasteiger partial charge on any atom is -0.480 e. The third-order valence-electron chi connectivity index (χ3n) is 3.54. The number of carbonyl (C=O) groups excluding carboxylic acids is 2. The van der Waals surface area contributed by atoms with E-state index in [4.69, 9.17) is 5.11 Å². The molecule has 1 fully saturated rings. The van der Waals surface area contributed by atoms with E-state index in [9.17, 15) is 14.4 Å². The molecule has 1 saturated carbocycles. The molecule has 0 unspecified atom stereocenters. The quantitative estimate of drug-likeness (QED) is 0.546. The Kier molecular flexibility index (Phi) is 7.04. The predicted octanol–water partition coefficient (Wildman–Crippen LogP) is 1.48. The van der Waals surface area contributed by atoms with Crippen molar-refractivity contribution in [3.63, 3.8) is 0 Å². The highest BCUT2D eigenvalue weighted by Crippen LogP contribution is 2.27. The highest BCUT2D eigenvalue weighted by Gasteiger charge is 2.26. The van der Waals surface area contributed by atoms with Gasteiger partial charge in [-0.25, -0.2) is 4.79 Å². The van der Waals surface area contributed by atoms with E-state index in [1.165, 1.54) is 6.42 Å². The molecule has 1 aliphatic rings. The van der Waals surface area contributed by atoms with Crippen LogP contribution in [0.4, 0.5) is 0 Å². The van der Waals surface area contributed by atoms with Gasteiger partial charge in [-0.3, -0.25) is 9.59 Å². The second-order valence-corrected chi connectivity index (χ2v) is 5.18. The predicted molar refractivity (Wildman–Crippen MR) is 72.0 cm³/mol. The highest BCUT2D eigenvalue weighted by atomic mass is 16.5. The number of esters is 1. The molecule has 1 aliphatic carbocycles. The monoisotopic (exact) mass is 285 g/mol. The molecule has 0 radical (unpaired) electrons. The van der Waals surface area contributed by atoms with E-state index in [-0.39, 0.29) is 6.61 Å². The molecule has 6 nitrogen and oxygen atoms in total. The zero-order valence-corrected chi connectivity index (χ0v) is 11.9. The summed E-state index contributed by atoms with van der Waals surface area (Å²) in [6.07, 6.45) is 5.46. The summed E-state index contributed by atoms with van der Waals surface area (Å²) in [5.41, 5.74) is 0. The van der Waals surface area contributed by atoms with E-state index in [2.05, 4.69) is 10.1 Å². The van der Waals surface area contributed by atoms with Gasteiger partial charge in [-0.2, -0.15) is 0 Å². The Morgan fingerprint density at radius 2 is 1.90 bits per heavy atom. The van der Waals surface area contributed by atoms with Gasteiger partial charge >= 0.3 is 11.9 Å². The maximum atomic E-state index is 11.6. The van der Waals surface area contributed by atoms with Crippen molar-refractivity contribution in [1.29, 1.82) is 0 Å². The molecule has 1 rings (SSSR count). The smallest absolute Gasteiger partial charge is 0.326 e. The molecule has 0 saturated heterocycles. The van der Waals surface area contributed by atoms with Gasteiger partial charge in [0.05, 0.1) is 6.61 Å². The number of hydrogen-bond acceptors (Lipinski definition) is 4. The first-order chi connectivity index (χ1) is 9.52. The molecule has 1 amide bonds. The van der Waals surface area contributed by atoms with E-state index >= 15 is 0 Å². The van der Waals surface area contributed by atoms with Crippen molar-refractivity contribution in [2.75, 3.05) is 6.61 Å². The van der Waals surface area contributed by atoms with E-state index < -0.39 is 30.3 Å². The van der Waals surface area contributed by atoms with E-state index in [0.717, 1.165) is 25.7 Å². The fourth-order valence-corrected chi connectivity index (χ4v) is 2.57. The molecule has 114 valence electrons. The number of nitrogens with one attached hydrogen (secondary N) is 1. The zero-order valence-electron chi connectivity index (χ0n) is 11.9. The number of rotatable bonds is 7. The van der Waals surface area contributed by atoms with Crippen molar-refractivity contribution < 1.29 is 24.2 Å². The summed E-state index contributed by atoms with van der Waals surface area (Å²) in [6.45, 7) is 1.86. The molecule has 2 N–H and O–H groups in total. The second kappa shape index (κ2) is 8.55. The third-order valence-corrected chi connectivity index (χ3v) is 3.54. The van der Waals surface area contributed by atoms with Gasteiger partial charge in [-0.15, -0.1) is 0 Å². The molecule has 0 spiro atoms. The van der Waals surface area contributed by atoms with Crippen molar-refractivity contribution in [3.8, 4) is 0 Å². The van der Waals surface area contributed by atoms with Gasteiger partial charge < -0.3 is 15.2 Å². The molecular weight excluding hydrogens is 262 g/mol. The number of hydrogen-bond donors (Lipinski definition) is 2. The van der Waals surface area contributed by atoms with Crippen LogP contribution in [0.3, 0.4) is 0 Å². The Hall–Kier alpha value is -1.59. The summed E-state index contributed by atoms with van der Waals surface area (Å²) in [5.74, 6) is -1.93. The lowest BCUT2D eigenvalue weighted by atomic mass is 9.85. The van der Waals surface area contributed by atoms with Crippen molar-refractivity contribution in [3.05, 3.63) is 0 Å². The molecule has 6 heteroatoms. The van der Waals surface area contributed by atoms with Crippen LogP contribution in [-0.2, 0) is 19.1 Å². The zero-order chi connectivity index (χ0) is 15.0. The Morgan fingerprint density at radius 3 is 2.45 bits per heavy atom. The summed E-state index contributed by atoms with van der Waals surface area (Å²) in [5, 5.41) is 11.6. The Labute approximate surface area is 118 Å². The number of carboxylic acid groups (broad SMARTS) is 1. The first-order valence-electron chi connectivity index (χ1n) is 7.20. The van der Waals surface area contributed by atoms with Crippen LogP contribution in [0.2, 0.25) is 0 Å². The molecule has 1 atom stereocenters. The summed E-state index contributed by atoms with van der Waals surface area (Å²) in [7, 11) is 0. The van der Waals surface area contributed by atoms with Gasteiger partial charge in [0.1, 0.15) is 12.5 Å². The highest BCUT2D eigenvalue weighted by molar-refractivity contribution is 5.95. The van der Waals surface area contributed by atoms with Crippen LogP contribution in [0.5, 0.6) is 0 Å². The molecule has 20 heavy (non-hydrogen) atoms. The second-order valence-electron chi connectivity index (χ2n) is 5.18. The van der Waals surface area contributed by atoms with Crippen molar-refractivity contribution in [1.82, 2.24) is 5.32 Å². The average molecular weight is 285 g/mol. The SMILES string of the molecule is CCOC(=O)CC(=O)N[C@@H](CC1CCCCC1)C(=O)O. The van der Waals surface area contributed by atoms with Crippen LogP contribution in [-0.4, -0.2) is 35.6 Å². The first-order valence-corrected chi connectivity index (χ1v) is 7.20. The normalized spacial score (nSPS) is 17.2. The molecule has 0 aliphatic heterocycles. The topological polar surface area (TPSA) is 92.7 Å². The lowest BCUT2D eigenvalue weighted by Gasteiger charge is -2.25. The van der Waals surface area contributed by atoms with Gasteiger partial charge in [-0.1, -0.05) is 32.1 Å².